The molecule has 0 aromatic heterocycles. The molecule has 0 amide bonds. The summed E-state index contributed by atoms with van der Waals surface area (Å²) in [6.07, 6.45) is -0.806. The first-order valence-electron chi connectivity index (χ1n) is 1.56. The average Bonchev–Trinajstić information content (AvgIpc) is 1.27. The SMILES string of the molecule is O=C(O)CC(=O)O.[Tl].[Tl]. The smallest absolute Gasteiger partial charge is 0.314 e. The van der Waals surface area contributed by atoms with Gasteiger partial charge in [-0.25, -0.2) is 0 Å². The minimum atomic E-state index is -1.31. The second-order valence-electron chi connectivity index (χ2n) is 0.964. The van der Waals surface area contributed by atoms with E-state index in [1.54, 1.807) is 0 Å². The van der Waals surface area contributed by atoms with Gasteiger partial charge in [0.25, 0.3) is 0 Å². The van der Waals surface area contributed by atoms with Gasteiger partial charge in [-0.1, -0.05) is 0 Å². The van der Waals surface area contributed by atoms with Gasteiger partial charge in [-0.3, -0.25) is 9.59 Å². The molecule has 4 nitrogen and oxygen atoms in total. The van der Waals surface area contributed by atoms with E-state index in [0.717, 1.165) is 0 Å². The molecule has 0 aliphatic rings. The van der Waals surface area contributed by atoms with Crippen LogP contribution >= 0.6 is 0 Å². The Morgan fingerprint density at radius 1 is 1.00 bits per heavy atom. The van der Waals surface area contributed by atoms with E-state index in [4.69, 9.17) is 10.2 Å². The van der Waals surface area contributed by atoms with E-state index in [2.05, 4.69) is 0 Å². The second kappa shape index (κ2) is 8.78. The van der Waals surface area contributed by atoms with Crippen molar-refractivity contribution in [3.8, 4) is 0 Å². The summed E-state index contributed by atoms with van der Waals surface area (Å²) >= 11 is 0. The number of aliphatic carboxylic acids is 2. The molecule has 2 radical (unpaired) electrons. The standard InChI is InChI=1S/C3H4O4.2Tl/c4-2(5)1-3(6)7;;/h1H2,(H,4,5)(H,6,7);;. The van der Waals surface area contributed by atoms with Crippen LogP contribution in [0, 0.1) is 0 Å². The molecule has 0 bridgehead atoms. The molecule has 0 saturated heterocycles. The van der Waals surface area contributed by atoms with Gasteiger partial charge in [0, 0.05) is 54.6 Å². The minimum absolute atomic E-state index is 0. The first-order chi connectivity index (χ1) is 3.13. The zero-order chi connectivity index (χ0) is 5.86. The zero-order valence-corrected chi connectivity index (χ0v) is 13.6. The molecular formula is C3H4O4Tl2. The maximum atomic E-state index is 9.43. The predicted molar refractivity (Wildman–Crippen MR) is 31.4 cm³/mol. The molecule has 0 fully saturated rings. The minimum Gasteiger partial charge on any atom is -0.481 e. The van der Waals surface area contributed by atoms with Crippen LogP contribution in [0.2, 0.25) is 0 Å². The third-order valence-electron chi connectivity index (χ3n) is 0.302. The zero-order valence-electron chi connectivity index (χ0n) is 4.57. The van der Waals surface area contributed by atoms with Gasteiger partial charge in [0.1, 0.15) is 6.42 Å². The second-order valence-corrected chi connectivity index (χ2v) is 0.964. The summed E-state index contributed by atoms with van der Waals surface area (Å²) < 4.78 is 0. The average molecular weight is 513 g/mol. The van der Waals surface area contributed by atoms with E-state index in [1.807, 2.05) is 0 Å². The van der Waals surface area contributed by atoms with Crippen molar-refractivity contribution in [1.82, 2.24) is 0 Å². The number of hydrogen-bond acceptors (Lipinski definition) is 2. The van der Waals surface area contributed by atoms with Crippen LogP contribution in [0.5, 0.6) is 0 Å². The fourth-order valence-electron chi connectivity index (χ4n) is 0.129. The first kappa shape index (κ1) is 16.4. The molecular weight excluding hydrogens is 509 g/mol. The van der Waals surface area contributed by atoms with E-state index in [0.29, 0.717) is 0 Å². The van der Waals surface area contributed by atoms with Gasteiger partial charge in [-0.2, -0.15) is 0 Å². The van der Waals surface area contributed by atoms with Crippen LogP contribution in [0.1, 0.15) is 6.42 Å². The molecule has 46 valence electrons. The monoisotopic (exact) mass is 514 g/mol. The molecule has 0 aromatic carbocycles. The maximum absolute atomic E-state index is 9.43. The van der Waals surface area contributed by atoms with Gasteiger partial charge >= 0.3 is 11.9 Å². The molecule has 6 heteroatoms. The molecule has 2 N–H and O–H groups in total. The normalized spacial score (nSPS) is 6.22. The van der Waals surface area contributed by atoms with Crippen molar-refractivity contribution in [2.75, 3.05) is 0 Å². The molecule has 0 heterocycles. The fourth-order valence-corrected chi connectivity index (χ4v) is 0.129. The Kier molecular flexibility index (Phi) is 16.0. The van der Waals surface area contributed by atoms with Gasteiger partial charge in [0.15, 0.2) is 0 Å². The third kappa shape index (κ3) is 17.7. The summed E-state index contributed by atoms with van der Waals surface area (Å²) in [5, 5.41) is 15.4. The van der Waals surface area contributed by atoms with Gasteiger partial charge in [0.05, 0.1) is 0 Å². The molecule has 9 heavy (non-hydrogen) atoms. The Morgan fingerprint density at radius 3 is 1.22 bits per heavy atom. The fraction of sp³-hybridized carbons (Fsp3) is 0.333. The molecule has 0 aliphatic carbocycles. The third-order valence-corrected chi connectivity index (χ3v) is 0.302. The Hall–Kier alpha value is 0.784. The largest absolute Gasteiger partial charge is 0.481 e. The predicted octanol–water partition coefficient (Wildman–Crippen LogP) is -1.22. The van der Waals surface area contributed by atoms with Crippen molar-refractivity contribution in [2.45, 2.75) is 6.42 Å². The van der Waals surface area contributed by atoms with Crippen molar-refractivity contribution < 1.29 is 19.8 Å². The number of carbonyl (C=O) groups is 2. The van der Waals surface area contributed by atoms with Crippen LogP contribution < -0.4 is 0 Å². The van der Waals surface area contributed by atoms with E-state index in [-0.39, 0.29) is 54.6 Å². The number of hydrogen-bond donors (Lipinski definition) is 2. The Labute approximate surface area is 91.9 Å². The van der Waals surface area contributed by atoms with Crippen molar-refractivity contribution in [3.63, 3.8) is 0 Å². The van der Waals surface area contributed by atoms with Gasteiger partial charge < -0.3 is 10.2 Å². The van der Waals surface area contributed by atoms with Crippen molar-refractivity contribution in [2.24, 2.45) is 0 Å². The van der Waals surface area contributed by atoms with E-state index in [9.17, 15) is 9.59 Å². The quantitative estimate of drug-likeness (QED) is 0.360. The summed E-state index contributed by atoms with van der Waals surface area (Å²) in [7, 11) is 0. The summed E-state index contributed by atoms with van der Waals surface area (Å²) in [5.74, 6) is -2.62. The van der Waals surface area contributed by atoms with Crippen molar-refractivity contribution in [3.05, 3.63) is 0 Å². The summed E-state index contributed by atoms with van der Waals surface area (Å²) in [6, 6.07) is 0. The molecule has 0 aromatic rings. The van der Waals surface area contributed by atoms with E-state index in [1.165, 1.54) is 0 Å². The van der Waals surface area contributed by atoms with Crippen molar-refractivity contribution >= 4 is 66.5 Å². The van der Waals surface area contributed by atoms with E-state index >= 15 is 0 Å². The Morgan fingerprint density at radius 2 is 1.22 bits per heavy atom. The molecule has 0 rings (SSSR count). The molecule has 0 spiro atoms. The van der Waals surface area contributed by atoms with Gasteiger partial charge in [-0.05, 0) is 0 Å². The number of rotatable bonds is 2. The van der Waals surface area contributed by atoms with E-state index < -0.39 is 18.4 Å². The van der Waals surface area contributed by atoms with Crippen LogP contribution in [0.4, 0.5) is 0 Å². The Balaban J connectivity index is -0.000000180. The summed E-state index contributed by atoms with van der Waals surface area (Å²) in [6.45, 7) is 0. The van der Waals surface area contributed by atoms with Crippen LogP contribution in [-0.4, -0.2) is 76.7 Å². The summed E-state index contributed by atoms with van der Waals surface area (Å²) in [5.41, 5.74) is 0. The van der Waals surface area contributed by atoms with Gasteiger partial charge in [-0.15, -0.1) is 0 Å². The van der Waals surface area contributed by atoms with Crippen LogP contribution in [0.25, 0.3) is 0 Å². The van der Waals surface area contributed by atoms with Crippen molar-refractivity contribution in [1.29, 1.82) is 0 Å². The molecule has 0 atom stereocenters. The molecule has 0 unspecified atom stereocenters. The topological polar surface area (TPSA) is 74.6 Å². The number of carboxylic acid groups (broad SMARTS) is 2. The number of carboxylic acids is 2. The molecule has 0 saturated carbocycles. The van der Waals surface area contributed by atoms with Crippen LogP contribution in [-0.2, 0) is 9.59 Å². The maximum Gasteiger partial charge on any atom is 0.314 e. The van der Waals surface area contributed by atoms with Crippen LogP contribution in [0.3, 0.4) is 0 Å². The first-order valence-corrected chi connectivity index (χ1v) is 1.56. The van der Waals surface area contributed by atoms with Crippen LogP contribution in [0.15, 0.2) is 0 Å². The Bertz CT molecular complexity index is 90.0. The molecule has 0 aliphatic heterocycles. The summed E-state index contributed by atoms with van der Waals surface area (Å²) in [4.78, 5) is 18.9. The van der Waals surface area contributed by atoms with Gasteiger partial charge in [0.2, 0.25) is 0 Å².